The van der Waals surface area contributed by atoms with E-state index in [0.717, 1.165) is 11.3 Å². The van der Waals surface area contributed by atoms with Crippen LogP contribution in [0.2, 0.25) is 10.0 Å². The zero-order valence-electron chi connectivity index (χ0n) is 10.2. The van der Waals surface area contributed by atoms with Crippen molar-refractivity contribution in [3.8, 4) is 0 Å². The molecule has 0 aliphatic rings. The van der Waals surface area contributed by atoms with Gasteiger partial charge in [0.25, 0.3) is 0 Å². The monoisotopic (exact) mass is 296 g/mol. The van der Waals surface area contributed by atoms with Crippen LogP contribution in [0.5, 0.6) is 0 Å². The van der Waals surface area contributed by atoms with Crippen molar-refractivity contribution in [3.63, 3.8) is 0 Å². The fourth-order valence-corrected chi connectivity index (χ4v) is 2.05. The number of anilines is 3. The summed E-state index contributed by atoms with van der Waals surface area (Å²) < 4.78 is 0. The van der Waals surface area contributed by atoms with Gasteiger partial charge < -0.3 is 16.2 Å². The lowest BCUT2D eigenvalue weighted by Crippen LogP contribution is -1.97. The van der Waals surface area contributed by atoms with Gasteiger partial charge in [-0.1, -0.05) is 35.3 Å². The molecule has 0 saturated carbocycles. The first kappa shape index (κ1) is 14.0. The second kappa shape index (κ2) is 6.15. The van der Waals surface area contributed by atoms with Crippen LogP contribution in [0.4, 0.5) is 17.1 Å². The van der Waals surface area contributed by atoms with Crippen LogP contribution in [0.3, 0.4) is 0 Å². The van der Waals surface area contributed by atoms with Gasteiger partial charge in [0.15, 0.2) is 0 Å². The first-order valence-corrected chi connectivity index (χ1v) is 6.57. The third kappa shape index (κ3) is 3.53. The molecule has 2 aromatic rings. The number of aliphatic hydroxyl groups excluding tert-OH is 1. The molecule has 0 fully saturated rings. The van der Waals surface area contributed by atoms with E-state index >= 15 is 0 Å². The van der Waals surface area contributed by atoms with E-state index in [2.05, 4.69) is 5.32 Å². The van der Waals surface area contributed by atoms with Gasteiger partial charge in [-0.15, -0.1) is 0 Å². The third-order valence-corrected chi connectivity index (χ3v) is 3.45. The topological polar surface area (TPSA) is 58.3 Å². The summed E-state index contributed by atoms with van der Waals surface area (Å²) in [5.41, 5.74) is 9.10. The van der Waals surface area contributed by atoms with Crippen LogP contribution in [0.25, 0.3) is 0 Å². The number of aliphatic hydroxyl groups is 1. The maximum atomic E-state index is 8.86. The minimum Gasteiger partial charge on any atom is -0.397 e. The van der Waals surface area contributed by atoms with Gasteiger partial charge in [0.05, 0.1) is 21.4 Å². The summed E-state index contributed by atoms with van der Waals surface area (Å²) in [5.74, 6) is 0. The minimum atomic E-state index is 0.145. The van der Waals surface area contributed by atoms with Crippen LogP contribution in [0.1, 0.15) is 5.56 Å². The largest absolute Gasteiger partial charge is 0.397 e. The van der Waals surface area contributed by atoms with Crippen LogP contribution in [-0.4, -0.2) is 11.7 Å². The van der Waals surface area contributed by atoms with Crippen molar-refractivity contribution in [2.75, 3.05) is 17.7 Å². The summed E-state index contributed by atoms with van der Waals surface area (Å²) in [7, 11) is 0. The van der Waals surface area contributed by atoms with Gasteiger partial charge in [-0.25, -0.2) is 0 Å². The molecule has 19 heavy (non-hydrogen) atoms. The predicted octanol–water partition coefficient (Wildman–Crippen LogP) is 3.85. The van der Waals surface area contributed by atoms with Crippen molar-refractivity contribution >= 4 is 40.3 Å². The molecule has 0 amide bonds. The van der Waals surface area contributed by atoms with Crippen LogP contribution in [0, 0.1) is 0 Å². The molecule has 100 valence electrons. The summed E-state index contributed by atoms with van der Waals surface area (Å²) in [6, 6.07) is 11.1. The average Bonchev–Trinajstić information content (AvgIpc) is 2.38. The van der Waals surface area contributed by atoms with Crippen molar-refractivity contribution < 1.29 is 5.11 Å². The summed E-state index contributed by atoms with van der Waals surface area (Å²) in [6.07, 6.45) is 0.648. The van der Waals surface area contributed by atoms with Crippen LogP contribution >= 0.6 is 23.2 Å². The fourth-order valence-electron chi connectivity index (χ4n) is 1.71. The Morgan fingerprint density at radius 1 is 1.05 bits per heavy atom. The van der Waals surface area contributed by atoms with Gasteiger partial charge in [-0.2, -0.15) is 0 Å². The lowest BCUT2D eigenvalue weighted by Gasteiger charge is -2.11. The number of nitrogen functional groups attached to an aromatic ring is 1. The Kier molecular flexibility index (Phi) is 4.53. The molecular formula is C14H14Cl2N2O. The SMILES string of the molecule is Nc1cc(Cl)c(Cl)cc1Nc1ccc(CCO)cc1. The number of hydrogen-bond donors (Lipinski definition) is 3. The molecule has 0 aliphatic heterocycles. The second-order valence-electron chi connectivity index (χ2n) is 4.15. The highest BCUT2D eigenvalue weighted by atomic mass is 35.5. The molecule has 0 radical (unpaired) electrons. The van der Waals surface area contributed by atoms with Crippen LogP contribution < -0.4 is 11.1 Å². The zero-order chi connectivity index (χ0) is 13.8. The first-order valence-electron chi connectivity index (χ1n) is 5.81. The lowest BCUT2D eigenvalue weighted by molar-refractivity contribution is 0.299. The van der Waals surface area contributed by atoms with Gasteiger partial charge in [0.1, 0.15) is 0 Å². The van der Waals surface area contributed by atoms with E-state index in [1.165, 1.54) is 0 Å². The second-order valence-corrected chi connectivity index (χ2v) is 4.96. The van der Waals surface area contributed by atoms with E-state index in [4.69, 9.17) is 34.0 Å². The van der Waals surface area contributed by atoms with Gasteiger partial charge in [-0.05, 0) is 36.2 Å². The fraction of sp³-hybridized carbons (Fsp3) is 0.143. The van der Waals surface area contributed by atoms with E-state index in [9.17, 15) is 0 Å². The summed E-state index contributed by atoms with van der Waals surface area (Å²) in [4.78, 5) is 0. The standard InChI is InChI=1S/C14H14Cl2N2O/c15-11-7-13(17)14(8-12(11)16)18-10-3-1-9(2-4-10)5-6-19/h1-4,7-8,18-19H,5-6,17H2. The molecule has 0 aromatic heterocycles. The molecule has 4 N–H and O–H groups in total. The van der Waals surface area contributed by atoms with Gasteiger partial charge in [-0.3, -0.25) is 0 Å². The molecule has 0 spiro atoms. The Balaban J connectivity index is 2.19. The molecule has 2 aromatic carbocycles. The molecule has 5 heteroatoms. The molecule has 2 rings (SSSR count). The zero-order valence-corrected chi connectivity index (χ0v) is 11.7. The highest BCUT2D eigenvalue weighted by Gasteiger charge is 2.05. The van der Waals surface area contributed by atoms with Crippen molar-refractivity contribution in [1.82, 2.24) is 0 Å². The maximum absolute atomic E-state index is 8.86. The van der Waals surface area contributed by atoms with Crippen molar-refractivity contribution in [2.45, 2.75) is 6.42 Å². The highest BCUT2D eigenvalue weighted by molar-refractivity contribution is 6.42. The van der Waals surface area contributed by atoms with Crippen molar-refractivity contribution in [3.05, 3.63) is 52.0 Å². The summed E-state index contributed by atoms with van der Waals surface area (Å²) in [6.45, 7) is 0.145. The minimum absolute atomic E-state index is 0.145. The van der Waals surface area contributed by atoms with E-state index in [1.807, 2.05) is 24.3 Å². The number of hydrogen-bond acceptors (Lipinski definition) is 3. The predicted molar refractivity (Wildman–Crippen MR) is 81.4 cm³/mol. The Labute approximate surface area is 122 Å². The molecule has 0 aliphatic carbocycles. The Morgan fingerprint density at radius 3 is 2.32 bits per heavy atom. The van der Waals surface area contributed by atoms with E-state index < -0.39 is 0 Å². The molecule has 0 atom stereocenters. The number of rotatable bonds is 4. The quantitative estimate of drug-likeness (QED) is 0.751. The Bertz CT molecular complexity index is 570. The molecule has 0 saturated heterocycles. The van der Waals surface area contributed by atoms with E-state index in [0.29, 0.717) is 27.8 Å². The van der Waals surface area contributed by atoms with Gasteiger partial charge >= 0.3 is 0 Å². The Hall–Kier alpha value is -1.42. The normalized spacial score (nSPS) is 10.5. The highest BCUT2D eigenvalue weighted by Crippen LogP contribution is 2.32. The van der Waals surface area contributed by atoms with Crippen LogP contribution in [0.15, 0.2) is 36.4 Å². The Morgan fingerprint density at radius 2 is 1.68 bits per heavy atom. The molecule has 0 heterocycles. The number of benzene rings is 2. The molecule has 0 unspecified atom stereocenters. The molecule has 3 nitrogen and oxygen atoms in total. The smallest absolute Gasteiger partial charge is 0.0633 e. The summed E-state index contributed by atoms with van der Waals surface area (Å²) >= 11 is 11.8. The number of nitrogens with two attached hydrogens (primary N) is 1. The van der Waals surface area contributed by atoms with Gasteiger partial charge in [0.2, 0.25) is 0 Å². The van der Waals surface area contributed by atoms with Crippen molar-refractivity contribution in [2.24, 2.45) is 0 Å². The summed E-state index contributed by atoms with van der Waals surface area (Å²) in [5, 5.41) is 12.9. The van der Waals surface area contributed by atoms with E-state index in [-0.39, 0.29) is 6.61 Å². The van der Waals surface area contributed by atoms with E-state index in [1.54, 1.807) is 12.1 Å². The lowest BCUT2D eigenvalue weighted by atomic mass is 10.1. The number of nitrogens with one attached hydrogen (secondary N) is 1. The molecule has 0 bridgehead atoms. The van der Waals surface area contributed by atoms with Crippen LogP contribution in [-0.2, 0) is 6.42 Å². The van der Waals surface area contributed by atoms with Crippen molar-refractivity contribution in [1.29, 1.82) is 0 Å². The molecular weight excluding hydrogens is 283 g/mol. The number of halogens is 2. The first-order chi connectivity index (χ1) is 9.10. The average molecular weight is 297 g/mol. The maximum Gasteiger partial charge on any atom is 0.0633 e. The van der Waals surface area contributed by atoms with Gasteiger partial charge in [0, 0.05) is 12.3 Å². The third-order valence-electron chi connectivity index (χ3n) is 2.73.